The molecule has 1 atom stereocenters. The molecule has 3 N–H and O–H groups in total. The maximum absolute atomic E-state index is 12.0. The molecule has 7 heteroatoms. The molecule has 0 heterocycles. The molecule has 1 aromatic rings. The van der Waals surface area contributed by atoms with Crippen LogP contribution in [0.2, 0.25) is 0 Å². The smallest absolute Gasteiger partial charge is 0.241 e. The van der Waals surface area contributed by atoms with Crippen LogP contribution in [0.1, 0.15) is 31.9 Å². The molecular weight excluding hydrogens is 280 g/mol. The number of amides is 1. The lowest BCUT2D eigenvalue weighted by atomic mass is 10.1. The van der Waals surface area contributed by atoms with Crippen LogP contribution in [0.3, 0.4) is 0 Å². The number of rotatable bonds is 7. The minimum Gasteiger partial charge on any atom is -0.389 e. The van der Waals surface area contributed by atoms with Crippen LogP contribution in [-0.2, 0) is 14.8 Å². The fourth-order valence-corrected chi connectivity index (χ4v) is 2.55. The molecule has 112 valence electrons. The van der Waals surface area contributed by atoms with Gasteiger partial charge >= 0.3 is 0 Å². The molecule has 1 rings (SSSR count). The van der Waals surface area contributed by atoms with Crippen LogP contribution in [0.15, 0.2) is 29.2 Å². The van der Waals surface area contributed by atoms with Crippen molar-refractivity contribution in [3.05, 3.63) is 29.8 Å². The van der Waals surface area contributed by atoms with Gasteiger partial charge in [0.05, 0.1) is 17.5 Å². The van der Waals surface area contributed by atoms with Crippen LogP contribution < -0.4 is 10.0 Å². The van der Waals surface area contributed by atoms with Crippen molar-refractivity contribution in [1.29, 1.82) is 0 Å². The molecule has 0 aliphatic carbocycles. The molecule has 0 bridgehead atoms. The van der Waals surface area contributed by atoms with Crippen molar-refractivity contribution in [2.45, 2.75) is 31.3 Å². The van der Waals surface area contributed by atoms with E-state index >= 15 is 0 Å². The number of aliphatic hydroxyl groups excluding tert-OH is 1. The SMILES string of the molecule is CCCNC(=O)CNS(=O)(=O)c1cccc(C(C)O)c1. The molecule has 0 fully saturated rings. The first-order valence-electron chi connectivity index (χ1n) is 6.41. The predicted molar refractivity (Wildman–Crippen MR) is 75.6 cm³/mol. The third kappa shape index (κ3) is 4.92. The van der Waals surface area contributed by atoms with E-state index < -0.39 is 16.1 Å². The number of aliphatic hydroxyl groups is 1. The topological polar surface area (TPSA) is 95.5 Å². The summed E-state index contributed by atoms with van der Waals surface area (Å²) in [5.41, 5.74) is 0.503. The Kier molecular flexibility index (Phi) is 6.12. The molecular formula is C13H20N2O4S. The van der Waals surface area contributed by atoms with Crippen LogP contribution in [0.25, 0.3) is 0 Å². The van der Waals surface area contributed by atoms with Crippen LogP contribution >= 0.6 is 0 Å². The number of sulfonamides is 1. The van der Waals surface area contributed by atoms with E-state index in [2.05, 4.69) is 10.0 Å². The summed E-state index contributed by atoms with van der Waals surface area (Å²) in [6.07, 6.45) is 0.0348. The Morgan fingerprint density at radius 3 is 2.70 bits per heavy atom. The van der Waals surface area contributed by atoms with E-state index in [4.69, 9.17) is 0 Å². The van der Waals surface area contributed by atoms with E-state index in [1.807, 2.05) is 6.92 Å². The number of hydrogen-bond acceptors (Lipinski definition) is 4. The summed E-state index contributed by atoms with van der Waals surface area (Å²) in [5.74, 6) is -0.373. The zero-order valence-corrected chi connectivity index (χ0v) is 12.4. The minimum absolute atomic E-state index is 0.0270. The molecule has 20 heavy (non-hydrogen) atoms. The molecule has 0 aliphatic rings. The number of carbonyl (C=O) groups is 1. The Balaban J connectivity index is 2.74. The molecule has 0 aromatic heterocycles. The van der Waals surface area contributed by atoms with Gasteiger partial charge in [-0.25, -0.2) is 13.1 Å². The molecule has 0 radical (unpaired) electrons. The lowest BCUT2D eigenvalue weighted by Crippen LogP contribution is -2.37. The first-order valence-corrected chi connectivity index (χ1v) is 7.89. The minimum atomic E-state index is -3.76. The highest BCUT2D eigenvalue weighted by Crippen LogP contribution is 2.16. The van der Waals surface area contributed by atoms with Crippen molar-refractivity contribution in [2.75, 3.05) is 13.1 Å². The second-order valence-electron chi connectivity index (χ2n) is 4.42. The van der Waals surface area contributed by atoms with E-state index in [9.17, 15) is 18.3 Å². The van der Waals surface area contributed by atoms with E-state index in [1.54, 1.807) is 19.1 Å². The monoisotopic (exact) mass is 300 g/mol. The number of nitrogens with one attached hydrogen (secondary N) is 2. The average molecular weight is 300 g/mol. The zero-order valence-electron chi connectivity index (χ0n) is 11.6. The van der Waals surface area contributed by atoms with Gasteiger partial charge in [0.15, 0.2) is 0 Å². The van der Waals surface area contributed by atoms with E-state index in [1.165, 1.54) is 12.1 Å². The summed E-state index contributed by atoms with van der Waals surface area (Å²) >= 11 is 0. The Hall–Kier alpha value is -1.44. The number of hydrogen-bond donors (Lipinski definition) is 3. The quantitative estimate of drug-likeness (QED) is 0.685. The van der Waals surface area contributed by atoms with Crippen LogP contribution in [0.4, 0.5) is 0 Å². The molecule has 1 amide bonds. The molecule has 1 aromatic carbocycles. The highest BCUT2D eigenvalue weighted by Gasteiger charge is 2.16. The molecule has 0 saturated carbocycles. The summed E-state index contributed by atoms with van der Waals surface area (Å²) < 4.78 is 26.3. The van der Waals surface area contributed by atoms with Crippen molar-refractivity contribution < 1.29 is 18.3 Å². The summed E-state index contributed by atoms with van der Waals surface area (Å²) in [6, 6.07) is 5.99. The standard InChI is InChI=1S/C13H20N2O4S/c1-3-7-14-13(17)9-15-20(18,19)12-6-4-5-11(8-12)10(2)16/h4-6,8,10,15-16H,3,7,9H2,1-2H3,(H,14,17). The molecule has 1 unspecified atom stereocenters. The van der Waals surface area contributed by atoms with Gasteiger partial charge in [0, 0.05) is 6.54 Å². The Morgan fingerprint density at radius 2 is 2.10 bits per heavy atom. The molecule has 0 saturated heterocycles. The largest absolute Gasteiger partial charge is 0.389 e. The summed E-state index contributed by atoms with van der Waals surface area (Å²) in [7, 11) is -3.76. The van der Waals surface area contributed by atoms with Crippen molar-refractivity contribution in [2.24, 2.45) is 0 Å². The maximum Gasteiger partial charge on any atom is 0.241 e. The van der Waals surface area contributed by atoms with Crippen molar-refractivity contribution >= 4 is 15.9 Å². The fourth-order valence-electron chi connectivity index (χ4n) is 1.51. The fraction of sp³-hybridized carbons (Fsp3) is 0.462. The highest BCUT2D eigenvalue weighted by atomic mass is 32.2. The van der Waals surface area contributed by atoms with Crippen molar-refractivity contribution in [1.82, 2.24) is 10.0 Å². The highest BCUT2D eigenvalue weighted by molar-refractivity contribution is 7.89. The van der Waals surface area contributed by atoms with Gasteiger partial charge in [0.2, 0.25) is 15.9 Å². The van der Waals surface area contributed by atoms with Crippen molar-refractivity contribution in [3.8, 4) is 0 Å². The van der Waals surface area contributed by atoms with Gasteiger partial charge in [0.25, 0.3) is 0 Å². The molecule has 0 spiro atoms. The lowest BCUT2D eigenvalue weighted by Gasteiger charge is -2.10. The van der Waals surface area contributed by atoms with Gasteiger partial charge in [-0.3, -0.25) is 4.79 Å². The van der Waals surface area contributed by atoms with Crippen LogP contribution in [0, 0.1) is 0 Å². The first-order chi connectivity index (χ1) is 9.36. The third-order valence-electron chi connectivity index (χ3n) is 2.65. The summed E-state index contributed by atoms with van der Waals surface area (Å²) in [5, 5.41) is 12.0. The number of benzene rings is 1. The Bertz CT molecular complexity index is 555. The van der Waals surface area contributed by atoms with Gasteiger partial charge in [-0.15, -0.1) is 0 Å². The van der Waals surface area contributed by atoms with Crippen LogP contribution in [0.5, 0.6) is 0 Å². The second-order valence-corrected chi connectivity index (χ2v) is 6.19. The summed E-state index contributed by atoms with van der Waals surface area (Å²) in [4.78, 5) is 11.4. The first kappa shape index (κ1) is 16.6. The molecule has 6 nitrogen and oxygen atoms in total. The Morgan fingerprint density at radius 1 is 1.40 bits per heavy atom. The summed E-state index contributed by atoms with van der Waals surface area (Å²) in [6.45, 7) is 3.67. The maximum atomic E-state index is 12.0. The Labute approximate surface area is 119 Å². The lowest BCUT2D eigenvalue weighted by molar-refractivity contribution is -0.119. The van der Waals surface area contributed by atoms with E-state index in [0.717, 1.165) is 6.42 Å². The van der Waals surface area contributed by atoms with E-state index in [-0.39, 0.29) is 17.3 Å². The van der Waals surface area contributed by atoms with Gasteiger partial charge in [0.1, 0.15) is 0 Å². The molecule has 0 aliphatic heterocycles. The van der Waals surface area contributed by atoms with Gasteiger partial charge in [-0.05, 0) is 31.0 Å². The second kappa shape index (κ2) is 7.37. The van der Waals surface area contributed by atoms with Crippen molar-refractivity contribution in [3.63, 3.8) is 0 Å². The zero-order chi connectivity index (χ0) is 15.2. The van der Waals surface area contributed by atoms with Gasteiger partial charge in [-0.1, -0.05) is 19.1 Å². The average Bonchev–Trinajstić information content (AvgIpc) is 2.43. The number of carbonyl (C=O) groups excluding carboxylic acids is 1. The normalized spacial score (nSPS) is 12.9. The van der Waals surface area contributed by atoms with Crippen LogP contribution in [-0.4, -0.2) is 32.5 Å². The van der Waals surface area contributed by atoms with E-state index in [0.29, 0.717) is 12.1 Å². The van der Waals surface area contributed by atoms with Gasteiger partial charge in [-0.2, -0.15) is 0 Å². The third-order valence-corrected chi connectivity index (χ3v) is 4.04. The predicted octanol–water partition coefficient (Wildman–Crippen LogP) is 0.544. The van der Waals surface area contributed by atoms with Gasteiger partial charge < -0.3 is 10.4 Å².